The second kappa shape index (κ2) is 5.92. The van der Waals surface area contributed by atoms with Crippen LogP contribution in [0.4, 0.5) is 5.69 Å². The third-order valence-electron chi connectivity index (χ3n) is 2.58. The van der Waals surface area contributed by atoms with E-state index in [4.69, 9.17) is 9.26 Å². The lowest BCUT2D eigenvalue weighted by Gasteiger charge is -2.10. The molecule has 7 heteroatoms. The summed E-state index contributed by atoms with van der Waals surface area (Å²) in [6.45, 7) is 4.19. The van der Waals surface area contributed by atoms with Crippen LogP contribution < -0.4 is 10.1 Å². The molecule has 3 aromatic rings. The molecule has 0 saturated carbocycles. The van der Waals surface area contributed by atoms with Crippen molar-refractivity contribution in [2.24, 2.45) is 0 Å². The van der Waals surface area contributed by atoms with Gasteiger partial charge in [-0.05, 0) is 38.1 Å². The van der Waals surface area contributed by atoms with Gasteiger partial charge in [0.15, 0.2) is 0 Å². The Morgan fingerprint density at radius 1 is 1.19 bits per heavy atom. The van der Waals surface area contributed by atoms with Gasteiger partial charge in [-0.1, -0.05) is 16.5 Å². The number of benzene rings is 1. The van der Waals surface area contributed by atoms with Crippen LogP contribution in [0.3, 0.4) is 0 Å². The average Bonchev–Trinajstić information content (AvgIpc) is 3.11. The highest BCUT2D eigenvalue weighted by Gasteiger charge is 2.10. The minimum atomic E-state index is 0.397. The number of anilines is 1. The number of rotatable bonds is 5. The van der Waals surface area contributed by atoms with Crippen molar-refractivity contribution in [1.29, 1.82) is 0 Å². The van der Waals surface area contributed by atoms with E-state index >= 15 is 0 Å². The zero-order valence-electron chi connectivity index (χ0n) is 11.6. The quantitative estimate of drug-likeness (QED) is 0.772. The van der Waals surface area contributed by atoms with Crippen molar-refractivity contribution in [2.75, 3.05) is 5.32 Å². The largest absolute Gasteiger partial charge is 0.431 e. The molecule has 0 radical (unpaired) electrons. The lowest BCUT2D eigenvalue weighted by atomic mass is 10.3. The lowest BCUT2D eigenvalue weighted by Crippen LogP contribution is -2.09. The van der Waals surface area contributed by atoms with Crippen LogP contribution in [0, 0.1) is 0 Å². The SMILES string of the molecule is CC(C)Nc1ccc(Oc2ncc(-c3ncon3)s2)cc1. The van der Waals surface area contributed by atoms with Gasteiger partial charge in [-0.2, -0.15) is 4.98 Å². The van der Waals surface area contributed by atoms with Crippen LogP contribution in [0.15, 0.2) is 41.4 Å². The summed E-state index contributed by atoms with van der Waals surface area (Å²) in [6, 6.07) is 8.15. The van der Waals surface area contributed by atoms with Crippen LogP contribution in [0.5, 0.6) is 10.9 Å². The van der Waals surface area contributed by atoms with Crippen LogP contribution >= 0.6 is 11.3 Å². The Labute approximate surface area is 125 Å². The van der Waals surface area contributed by atoms with E-state index in [0.717, 1.165) is 16.3 Å². The zero-order valence-corrected chi connectivity index (χ0v) is 12.4. The highest BCUT2D eigenvalue weighted by atomic mass is 32.1. The van der Waals surface area contributed by atoms with Gasteiger partial charge in [-0.25, -0.2) is 4.98 Å². The van der Waals surface area contributed by atoms with Crippen molar-refractivity contribution < 1.29 is 9.26 Å². The molecule has 0 spiro atoms. The molecular weight excluding hydrogens is 288 g/mol. The van der Waals surface area contributed by atoms with E-state index in [1.165, 1.54) is 17.7 Å². The van der Waals surface area contributed by atoms with Crippen molar-refractivity contribution in [3.05, 3.63) is 36.9 Å². The Hall–Kier alpha value is -2.41. The fourth-order valence-corrected chi connectivity index (χ4v) is 2.46. The highest BCUT2D eigenvalue weighted by molar-refractivity contribution is 7.16. The summed E-state index contributed by atoms with van der Waals surface area (Å²) >= 11 is 1.37. The van der Waals surface area contributed by atoms with E-state index in [0.29, 0.717) is 17.1 Å². The molecule has 0 saturated heterocycles. The topological polar surface area (TPSA) is 73.1 Å². The van der Waals surface area contributed by atoms with E-state index < -0.39 is 0 Å². The van der Waals surface area contributed by atoms with Gasteiger partial charge in [0.25, 0.3) is 5.19 Å². The van der Waals surface area contributed by atoms with Crippen LogP contribution in [0.2, 0.25) is 0 Å². The molecule has 108 valence electrons. The van der Waals surface area contributed by atoms with Gasteiger partial charge < -0.3 is 14.6 Å². The van der Waals surface area contributed by atoms with Crippen molar-refractivity contribution in [3.8, 4) is 21.6 Å². The van der Waals surface area contributed by atoms with Crippen LogP contribution in [0.1, 0.15) is 13.8 Å². The first-order valence-electron chi connectivity index (χ1n) is 6.48. The van der Waals surface area contributed by atoms with E-state index in [9.17, 15) is 0 Å². The third-order valence-corrected chi connectivity index (χ3v) is 3.45. The number of ether oxygens (including phenoxy) is 1. The predicted octanol–water partition coefficient (Wildman–Crippen LogP) is 3.81. The maximum absolute atomic E-state index is 5.71. The monoisotopic (exact) mass is 302 g/mol. The molecule has 2 aromatic heterocycles. The predicted molar refractivity (Wildman–Crippen MR) is 80.7 cm³/mol. The molecule has 0 aliphatic rings. The third kappa shape index (κ3) is 3.38. The fourth-order valence-electron chi connectivity index (χ4n) is 1.74. The normalized spacial score (nSPS) is 10.8. The summed E-state index contributed by atoms with van der Waals surface area (Å²) in [4.78, 5) is 8.97. The molecule has 6 nitrogen and oxygen atoms in total. The summed E-state index contributed by atoms with van der Waals surface area (Å²) in [7, 11) is 0. The molecule has 1 N–H and O–H groups in total. The Bertz CT molecular complexity index is 692. The Morgan fingerprint density at radius 2 is 2.00 bits per heavy atom. The minimum absolute atomic E-state index is 0.397. The smallest absolute Gasteiger partial charge is 0.279 e. The van der Waals surface area contributed by atoms with Gasteiger partial charge in [-0.3, -0.25) is 0 Å². The molecule has 0 aliphatic carbocycles. The van der Waals surface area contributed by atoms with Gasteiger partial charge in [0, 0.05) is 11.7 Å². The average molecular weight is 302 g/mol. The van der Waals surface area contributed by atoms with E-state index in [1.54, 1.807) is 6.20 Å². The lowest BCUT2D eigenvalue weighted by molar-refractivity contribution is 0.419. The Balaban J connectivity index is 1.69. The maximum atomic E-state index is 5.71. The van der Waals surface area contributed by atoms with Crippen LogP contribution in [-0.4, -0.2) is 21.2 Å². The van der Waals surface area contributed by atoms with Crippen LogP contribution in [-0.2, 0) is 0 Å². The Morgan fingerprint density at radius 3 is 2.67 bits per heavy atom. The Kier molecular flexibility index (Phi) is 3.83. The molecule has 0 unspecified atom stereocenters. The number of hydrogen-bond donors (Lipinski definition) is 1. The van der Waals surface area contributed by atoms with Crippen molar-refractivity contribution in [3.63, 3.8) is 0 Å². The molecule has 0 aliphatic heterocycles. The molecule has 0 amide bonds. The molecular formula is C14H14N4O2S. The molecule has 0 fully saturated rings. The first-order chi connectivity index (χ1) is 10.2. The van der Waals surface area contributed by atoms with Crippen LogP contribution in [0.25, 0.3) is 10.7 Å². The minimum Gasteiger partial charge on any atom is -0.431 e. The van der Waals surface area contributed by atoms with Gasteiger partial charge in [0.2, 0.25) is 12.2 Å². The number of hydrogen-bond acceptors (Lipinski definition) is 7. The number of nitrogens with one attached hydrogen (secondary N) is 1. The summed E-state index contributed by atoms with van der Waals surface area (Å²) in [6.07, 6.45) is 2.95. The molecule has 3 rings (SSSR count). The van der Waals surface area contributed by atoms with Gasteiger partial charge in [0.1, 0.15) is 5.75 Å². The highest BCUT2D eigenvalue weighted by Crippen LogP contribution is 2.31. The maximum Gasteiger partial charge on any atom is 0.279 e. The summed E-state index contributed by atoms with van der Waals surface area (Å²) < 4.78 is 10.4. The van der Waals surface area contributed by atoms with Gasteiger partial charge >= 0.3 is 0 Å². The molecule has 0 atom stereocenters. The standard InChI is InChI=1S/C14H14N4O2S/c1-9(2)17-10-3-5-11(6-4-10)20-14-15-7-12(21-14)13-16-8-19-18-13/h3-9,17H,1-2H3. The fraction of sp³-hybridized carbons (Fsp3) is 0.214. The second-order valence-electron chi connectivity index (χ2n) is 4.67. The molecule has 0 bridgehead atoms. The molecule has 21 heavy (non-hydrogen) atoms. The molecule has 2 heterocycles. The summed E-state index contributed by atoms with van der Waals surface area (Å²) in [5.41, 5.74) is 1.06. The van der Waals surface area contributed by atoms with Crippen molar-refractivity contribution in [1.82, 2.24) is 15.1 Å². The summed E-state index contributed by atoms with van der Waals surface area (Å²) in [5, 5.41) is 7.63. The van der Waals surface area contributed by atoms with Crippen molar-refractivity contribution in [2.45, 2.75) is 19.9 Å². The van der Waals surface area contributed by atoms with E-state index in [1.807, 2.05) is 24.3 Å². The van der Waals surface area contributed by atoms with E-state index in [2.05, 4.69) is 34.3 Å². The number of nitrogens with zero attached hydrogens (tertiary/aromatic N) is 3. The second-order valence-corrected chi connectivity index (χ2v) is 5.66. The number of thiazole rings is 1. The number of aromatic nitrogens is 3. The van der Waals surface area contributed by atoms with E-state index in [-0.39, 0.29) is 0 Å². The zero-order chi connectivity index (χ0) is 14.7. The van der Waals surface area contributed by atoms with Crippen molar-refractivity contribution >= 4 is 17.0 Å². The first kappa shape index (κ1) is 13.6. The van der Waals surface area contributed by atoms with Gasteiger partial charge in [0.05, 0.1) is 11.1 Å². The first-order valence-corrected chi connectivity index (χ1v) is 7.29. The molecule has 1 aromatic carbocycles. The van der Waals surface area contributed by atoms with Gasteiger partial charge in [-0.15, -0.1) is 0 Å². The summed E-state index contributed by atoms with van der Waals surface area (Å²) in [5.74, 6) is 1.25.